The number of rotatable bonds is 7. The molecule has 1 rings (SSSR count). The van der Waals surface area contributed by atoms with Crippen molar-refractivity contribution < 1.29 is 9.84 Å². The van der Waals surface area contributed by atoms with Gasteiger partial charge in [-0.2, -0.15) is 0 Å². The summed E-state index contributed by atoms with van der Waals surface area (Å²) in [5, 5.41) is 9.79. The van der Waals surface area contributed by atoms with E-state index in [-0.39, 0.29) is 6.04 Å². The number of aliphatic hydroxyl groups is 1. The molecule has 0 spiro atoms. The van der Waals surface area contributed by atoms with Crippen molar-refractivity contribution in [2.45, 2.75) is 39.0 Å². The van der Waals surface area contributed by atoms with Gasteiger partial charge in [-0.1, -0.05) is 44.2 Å². The van der Waals surface area contributed by atoms with Crippen LogP contribution in [-0.2, 0) is 11.3 Å². The average Bonchev–Trinajstić information content (AvgIpc) is 2.29. The standard InChI is InChI=1S/C14H23NO2/c1-11(2)8-13(15)14(16)10-17-9-12-6-4-3-5-7-12/h3-7,11,13-14,16H,8-10,15H2,1-2H3/t13-,14?/m0/s1. The van der Waals surface area contributed by atoms with Crippen LogP contribution in [-0.4, -0.2) is 23.9 Å². The molecule has 1 aromatic carbocycles. The third-order valence-electron chi connectivity index (χ3n) is 2.64. The lowest BCUT2D eigenvalue weighted by Crippen LogP contribution is -2.38. The highest BCUT2D eigenvalue weighted by molar-refractivity contribution is 5.13. The monoisotopic (exact) mass is 237 g/mol. The van der Waals surface area contributed by atoms with Crippen LogP contribution in [0.15, 0.2) is 30.3 Å². The molecule has 3 nitrogen and oxygen atoms in total. The number of nitrogens with two attached hydrogens (primary N) is 1. The Labute approximate surface area is 104 Å². The van der Waals surface area contributed by atoms with Gasteiger partial charge < -0.3 is 15.6 Å². The van der Waals surface area contributed by atoms with Crippen molar-refractivity contribution in [2.24, 2.45) is 11.7 Å². The molecule has 0 amide bonds. The molecule has 0 aliphatic heterocycles. The lowest BCUT2D eigenvalue weighted by molar-refractivity contribution is 0.0128. The molecular formula is C14H23NO2. The van der Waals surface area contributed by atoms with Crippen LogP contribution >= 0.6 is 0 Å². The minimum atomic E-state index is -0.582. The summed E-state index contributed by atoms with van der Waals surface area (Å²) in [7, 11) is 0. The Morgan fingerprint density at radius 3 is 2.47 bits per heavy atom. The highest BCUT2D eigenvalue weighted by Gasteiger charge is 2.15. The Hall–Kier alpha value is -0.900. The third-order valence-corrected chi connectivity index (χ3v) is 2.64. The molecular weight excluding hydrogens is 214 g/mol. The summed E-state index contributed by atoms with van der Waals surface area (Å²) in [5.74, 6) is 0.494. The normalized spacial score (nSPS) is 14.9. The molecule has 1 unspecified atom stereocenters. The molecule has 3 heteroatoms. The predicted octanol–water partition coefficient (Wildman–Crippen LogP) is 1.94. The molecule has 1 aromatic rings. The Morgan fingerprint density at radius 2 is 1.88 bits per heavy atom. The van der Waals surface area contributed by atoms with E-state index in [2.05, 4.69) is 13.8 Å². The molecule has 0 aromatic heterocycles. The van der Waals surface area contributed by atoms with Gasteiger partial charge in [-0.05, 0) is 17.9 Å². The van der Waals surface area contributed by atoms with Crippen LogP contribution in [0.25, 0.3) is 0 Å². The molecule has 96 valence electrons. The SMILES string of the molecule is CC(C)C[C@H](N)C(O)COCc1ccccc1. The van der Waals surface area contributed by atoms with Crippen LogP contribution < -0.4 is 5.73 Å². The Kier molecular flexibility index (Phi) is 6.19. The van der Waals surface area contributed by atoms with Crippen molar-refractivity contribution in [3.63, 3.8) is 0 Å². The Bertz CT molecular complexity index is 300. The molecule has 0 bridgehead atoms. The highest BCUT2D eigenvalue weighted by Crippen LogP contribution is 2.07. The summed E-state index contributed by atoms with van der Waals surface area (Å²) in [6, 6.07) is 9.71. The van der Waals surface area contributed by atoms with Gasteiger partial charge in [0.05, 0.1) is 19.3 Å². The average molecular weight is 237 g/mol. The first kappa shape index (κ1) is 14.2. The van der Waals surface area contributed by atoms with Gasteiger partial charge in [0.15, 0.2) is 0 Å². The third kappa shape index (κ3) is 5.82. The molecule has 0 saturated carbocycles. The van der Waals surface area contributed by atoms with Crippen molar-refractivity contribution in [1.82, 2.24) is 0 Å². The van der Waals surface area contributed by atoms with E-state index < -0.39 is 6.10 Å². The lowest BCUT2D eigenvalue weighted by Gasteiger charge is -2.20. The number of hydrogen-bond donors (Lipinski definition) is 2. The van der Waals surface area contributed by atoms with E-state index in [1.807, 2.05) is 30.3 Å². The van der Waals surface area contributed by atoms with E-state index >= 15 is 0 Å². The van der Waals surface area contributed by atoms with Crippen LogP contribution in [0.1, 0.15) is 25.8 Å². The summed E-state index contributed by atoms with van der Waals surface area (Å²) in [5.41, 5.74) is 6.98. The van der Waals surface area contributed by atoms with Gasteiger partial charge in [-0.15, -0.1) is 0 Å². The number of hydrogen-bond acceptors (Lipinski definition) is 3. The van der Waals surface area contributed by atoms with E-state index in [0.29, 0.717) is 19.1 Å². The van der Waals surface area contributed by atoms with E-state index in [0.717, 1.165) is 12.0 Å². The van der Waals surface area contributed by atoms with Crippen LogP contribution in [0, 0.1) is 5.92 Å². The molecule has 2 atom stereocenters. The summed E-state index contributed by atoms with van der Waals surface area (Å²) < 4.78 is 5.45. The van der Waals surface area contributed by atoms with Crippen molar-refractivity contribution in [1.29, 1.82) is 0 Å². The molecule has 0 aliphatic rings. The predicted molar refractivity (Wildman–Crippen MR) is 69.5 cm³/mol. The second-order valence-electron chi connectivity index (χ2n) is 4.86. The van der Waals surface area contributed by atoms with Crippen molar-refractivity contribution >= 4 is 0 Å². The lowest BCUT2D eigenvalue weighted by atomic mass is 10.0. The quantitative estimate of drug-likeness (QED) is 0.762. The molecule has 0 radical (unpaired) electrons. The molecule has 0 aliphatic carbocycles. The van der Waals surface area contributed by atoms with Crippen LogP contribution in [0.3, 0.4) is 0 Å². The van der Waals surface area contributed by atoms with Gasteiger partial charge in [0.2, 0.25) is 0 Å². The fourth-order valence-corrected chi connectivity index (χ4v) is 1.70. The van der Waals surface area contributed by atoms with Crippen molar-refractivity contribution in [2.75, 3.05) is 6.61 Å². The maximum absolute atomic E-state index is 9.79. The smallest absolute Gasteiger partial charge is 0.0924 e. The zero-order chi connectivity index (χ0) is 12.7. The van der Waals surface area contributed by atoms with E-state index in [4.69, 9.17) is 10.5 Å². The molecule has 17 heavy (non-hydrogen) atoms. The van der Waals surface area contributed by atoms with Gasteiger partial charge in [0, 0.05) is 6.04 Å². The maximum Gasteiger partial charge on any atom is 0.0924 e. The van der Waals surface area contributed by atoms with E-state index in [1.54, 1.807) is 0 Å². The van der Waals surface area contributed by atoms with Gasteiger partial charge >= 0.3 is 0 Å². The number of ether oxygens (including phenoxy) is 1. The molecule has 0 fully saturated rings. The van der Waals surface area contributed by atoms with Gasteiger partial charge in [-0.25, -0.2) is 0 Å². The first-order chi connectivity index (χ1) is 8.09. The van der Waals surface area contributed by atoms with Crippen LogP contribution in [0.5, 0.6) is 0 Å². The summed E-state index contributed by atoms with van der Waals surface area (Å²) in [6.45, 7) is 5.00. The molecule has 0 heterocycles. The van der Waals surface area contributed by atoms with E-state index in [9.17, 15) is 5.11 Å². The molecule has 0 saturated heterocycles. The summed E-state index contributed by atoms with van der Waals surface area (Å²) >= 11 is 0. The topological polar surface area (TPSA) is 55.5 Å². The van der Waals surface area contributed by atoms with Crippen molar-refractivity contribution in [3.8, 4) is 0 Å². The summed E-state index contributed by atoms with van der Waals surface area (Å²) in [6.07, 6.45) is 0.233. The zero-order valence-corrected chi connectivity index (χ0v) is 10.7. The van der Waals surface area contributed by atoms with Crippen LogP contribution in [0.4, 0.5) is 0 Å². The first-order valence-electron chi connectivity index (χ1n) is 6.15. The number of benzene rings is 1. The molecule has 3 N–H and O–H groups in total. The van der Waals surface area contributed by atoms with Crippen LogP contribution in [0.2, 0.25) is 0 Å². The van der Waals surface area contributed by atoms with Gasteiger partial charge in [-0.3, -0.25) is 0 Å². The highest BCUT2D eigenvalue weighted by atomic mass is 16.5. The largest absolute Gasteiger partial charge is 0.389 e. The minimum Gasteiger partial charge on any atom is -0.389 e. The second kappa shape index (κ2) is 7.43. The van der Waals surface area contributed by atoms with Gasteiger partial charge in [0.1, 0.15) is 0 Å². The maximum atomic E-state index is 9.79. The zero-order valence-electron chi connectivity index (χ0n) is 10.7. The fourth-order valence-electron chi connectivity index (χ4n) is 1.70. The minimum absolute atomic E-state index is 0.203. The van der Waals surface area contributed by atoms with E-state index in [1.165, 1.54) is 0 Å². The van der Waals surface area contributed by atoms with Gasteiger partial charge in [0.25, 0.3) is 0 Å². The fraction of sp³-hybridized carbons (Fsp3) is 0.571. The summed E-state index contributed by atoms with van der Waals surface area (Å²) in [4.78, 5) is 0. The first-order valence-corrected chi connectivity index (χ1v) is 6.15. The Balaban J connectivity index is 2.22. The van der Waals surface area contributed by atoms with Crippen molar-refractivity contribution in [3.05, 3.63) is 35.9 Å². The number of aliphatic hydroxyl groups excluding tert-OH is 1. The second-order valence-corrected chi connectivity index (χ2v) is 4.86. The Morgan fingerprint density at radius 1 is 1.24 bits per heavy atom.